The monoisotopic (exact) mass is 835 g/mol. The lowest BCUT2D eigenvalue weighted by Gasteiger charge is -2.48. The van der Waals surface area contributed by atoms with Gasteiger partial charge in [0.05, 0.1) is 16.8 Å². The van der Waals surface area contributed by atoms with E-state index in [4.69, 9.17) is 4.98 Å². The van der Waals surface area contributed by atoms with Gasteiger partial charge in [-0.15, -0.1) is 0 Å². The van der Waals surface area contributed by atoms with Gasteiger partial charge in [0.1, 0.15) is 0 Å². The molecule has 0 aliphatic heterocycles. The number of aromatic nitrogens is 1. The molecule has 12 rings (SSSR count). The molecule has 2 unspecified atom stereocenters. The zero-order valence-electron chi connectivity index (χ0n) is 37.6. The minimum Gasteiger partial charge on any atom is -0.248 e. The SMILES string of the molecule is CC1(c2cc(-c3ccccc3)ccc2-c2ccc3c(c2)-c2c(-c4cc(-c5ccccc5)nc(-c5ccccc5)c4)cccc2C32C3=C(C=CCC3)C(C)(C)c3ccccc32)C=CCCC1. The molecule has 1 nitrogen and oxygen atoms in total. The van der Waals surface area contributed by atoms with Crippen molar-refractivity contribution in [3.05, 3.63) is 245 Å². The molecule has 0 amide bonds. The molecule has 0 bridgehead atoms. The molecule has 0 saturated heterocycles. The molecule has 65 heavy (non-hydrogen) atoms. The summed E-state index contributed by atoms with van der Waals surface area (Å²) < 4.78 is 0. The maximum Gasteiger partial charge on any atom is 0.0715 e. The smallest absolute Gasteiger partial charge is 0.0715 e. The standard InChI is InChI=1S/C64H53N/c1-62(2)53-28-14-16-30-55(53)64(56-31-17-15-29-54(56)62)52-36-34-47(49-35-33-46(43-21-8-4-9-22-43)40-58(49)63(3)37-18-7-19-38-63)39-51(52)61-50(27-20-32-57(61)64)48-41-59(44-23-10-5-11-24-44)65-60(42-48)45-25-12-6-13-26-45/h4-6,8-16,18,20-30,32-37,39-42H,7,17,19,31,38H2,1-3H3. The maximum absolute atomic E-state index is 5.34. The molecule has 1 heteroatoms. The Bertz CT molecular complexity index is 3200. The Morgan fingerprint density at radius 1 is 0.431 bits per heavy atom. The van der Waals surface area contributed by atoms with Crippen LogP contribution < -0.4 is 0 Å². The van der Waals surface area contributed by atoms with Gasteiger partial charge in [0.15, 0.2) is 0 Å². The Labute approximate surface area is 384 Å². The molecule has 1 spiro atoms. The second-order valence-electron chi connectivity index (χ2n) is 19.4. The van der Waals surface area contributed by atoms with Crippen molar-refractivity contribution in [1.29, 1.82) is 0 Å². The van der Waals surface area contributed by atoms with E-state index >= 15 is 0 Å². The first-order chi connectivity index (χ1) is 31.8. The summed E-state index contributed by atoms with van der Waals surface area (Å²) in [6, 6.07) is 68.2. The molecule has 1 aromatic heterocycles. The summed E-state index contributed by atoms with van der Waals surface area (Å²) in [4.78, 5) is 5.34. The topological polar surface area (TPSA) is 12.9 Å². The lowest BCUT2D eigenvalue weighted by molar-refractivity contribution is 0.497. The first-order valence-electron chi connectivity index (χ1n) is 23.6. The predicted octanol–water partition coefficient (Wildman–Crippen LogP) is 16.7. The summed E-state index contributed by atoms with van der Waals surface area (Å²) in [5.41, 5.74) is 23.7. The number of pyridine rings is 1. The number of benzene rings is 7. The van der Waals surface area contributed by atoms with Crippen molar-refractivity contribution < 1.29 is 0 Å². The van der Waals surface area contributed by atoms with Crippen LogP contribution in [-0.2, 0) is 16.2 Å². The molecule has 7 aromatic carbocycles. The van der Waals surface area contributed by atoms with E-state index in [0.717, 1.165) is 48.2 Å². The molecule has 0 radical (unpaired) electrons. The maximum atomic E-state index is 5.34. The van der Waals surface area contributed by atoms with E-state index in [-0.39, 0.29) is 10.8 Å². The molecular weight excluding hydrogens is 783 g/mol. The van der Waals surface area contributed by atoms with Gasteiger partial charge < -0.3 is 0 Å². The molecule has 314 valence electrons. The zero-order chi connectivity index (χ0) is 43.8. The number of nitrogens with zero attached hydrogens (tertiary/aromatic N) is 1. The van der Waals surface area contributed by atoms with Crippen molar-refractivity contribution >= 4 is 0 Å². The van der Waals surface area contributed by atoms with Crippen molar-refractivity contribution in [1.82, 2.24) is 4.98 Å². The van der Waals surface area contributed by atoms with Gasteiger partial charge in [-0.05, 0) is 140 Å². The van der Waals surface area contributed by atoms with Crippen LogP contribution in [0.2, 0.25) is 0 Å². The van der Waals surface area contributed by atoms with Crippen molar-refractivity contribution in [2.75, 3.05) is 0 Å². The van der Waals surface area contributed by atoms with Crippen molar-refractivity contribution in [3.63, 3.8) is 0 Å². The fraction of sp³-hybridized carbons (Fsp3) is 0.172. The third-order valence-corrected chi connectivity index (χ3v) is 15.3. The van der Waals surface area contributed by atoms with Crippen molar-refractivity contribution in [2.45, 2.75) is 69.1 Å². The second-order valence-corrected chi connectivity index (χ2v) is 19.4. The van der Waals surface area contributed by atoms with Crippen molar-refractivity contribution in [3.8, 4) is 67.0 Å². The van der Waals surface area contributed by atoms with Gasteiger partial charge in [0.25, 0.3) is 0 Å². The van der Waals surface area contributed by atoms with Crippen molar-refractivity contribution in [2.24, 2.45) is 0 Å². The average Bonchev–Trinajstić information content (AvgIpc) is 3.67. The summed E-state index contributed by atoms with van der Waals surface area (Å²) >= 11 is 0. The first-order valence-corrected chi connectivity index (χ1v) is 23.6. The van der Waals surface area contributed by atoms with Crippen LogP contribution in [0.4, 0.5) is 0 Å². The highest BCUT2D eigenvalue weighted by Gasteiger charge is 2.54. The van der Waals surface area contributed by atoms with Crippen LogP contribution in [0.25, 0.3) is 67.0 Å². The lowest BCUT2D eigenvalue weighted by atomic mass is 9.54. The number of fused-ring (bicyclic) bond motifs is 8. The van der Waals surface area contributed by atoms with Crippen LogP contribution in [0.1, 0.15) is 80.7 Å². The first kappa shape index (κ1) is 39.5. The van der Waals surface area contributed by atoms with Gasteiger partial charge in [0.2, 0.25) is 0 Å². The third kappa shape index (κ3) is 6.16. The average molecular weight is 836 g/mol. The predicted molar refractivity (Wildman–Crippen MR) is 272 cm³/mol. The van der Waals surface area contributed by atoms with Gasteiger partial charge >= 0.3 is 0 Å². The van der Waals surface area contributed by atoms with Crippen LogP contribution in [-0.4, -0.2) is 4.98 Å². The normalized spacial score (nSPS) is 20.0. The molecule has 8 aromatic rings. The Morgan fingerprint density at radius 2 is 1.08 bits per heavy atom. The van der Waals surface area contributed by atoms with Crippen LogP contribution >= 0.6 is 0 Å². The molecule has 4 aliphatic rings. The Balaban J connectivity index is 1.17. The summed E-state index contributed by atoms with van der Waals surface area (Å²) in [5, 5.41) is 0. The zero-order valence-corrected chi connectivity index (χ0v) is 37.6. The molecule has 1 heterocycles. The highest BCUT2D eigenvalue weighted by atomic mass is 14.7. The summed E-state index contributed by atoms with van der Waals surface area (Å²) in [6.45, 7) is 7.33. The molecule has 0 fully saturated rings. The Hall–Kier alpha value is -7.09. The fourth-order valence-corrected chi connectivity index (χ4v) is 12.2. The molecule has 4 aliphatic carbocycles. The Morgan fingerprint density at radius 3 is 1.77 bits per heavy atom. The minimum absolute atomic E-state index is 0.0809. The highest BCUT2D eigenvalue weighted by molar-refractivity contribution is 5.99. The minimum atomic E-state index is -0.443. The number of hydrogen-bond acceptors (Lipinski definition) is 1. The molecular formula is C64H53N. The summed E-state index contributed by atoms with van der Waals surface area (Å²) in [7, 11) is 0. The van der Waals surface area contributed by atoms with E-state index in [1.165, 1.54) is 84.3 Å². The number of allylic oxidation sites excluding steroid dienone is 6. The fourth-order valence-electron chi connectivity index (χ4n) is 12.2. The molecule has 0 N–H and O–H groups in total. The molecule has 2 atom stereocenters. The van der Waals surface area contributed by atoms with Gasteiger partial charge in [-0.1, -0.05) is 203 Å². The summed E-state index contributed by atoms with van der Waals surface area (Å²) in [5.74, 6) is 0. The molecule has 0 saturated carbocycles. The van der Waals surface area contributed by atoms with Crippen LogP contribution in [0.15, 0.2) is 217 Å². The van der Waals surface area contributed by atoms with E-state index in [2.05, 4.69) is 227 Å². The quantitative estimate of drug-likeness (QED) is 0.152. The van der Waals surface area contributed by atoms with Gasteiger partial charge in [-0.2, -0.15) is 0 Å². The van der Waals surface area contributed by atoms with E-state index in [1.54, 1.807) is 5.57 Å². The second kappa shape index (κ2) is 15.3. The third-order valence-electron chi connectivity index (χ3n) is 15.3. The highest BCUT2D eigenvalue weighted by Crippen LogP contribution is 2.65. The van der Waals surface area contributed by atoms with Gasteiger partial charge in [0, 0.05) is 22.0 Å². The lowest BCUT2D eigenvalue weighted by Crippen LogP contribution is -2.41. The van der Waals surface area contributed by atoms with E-state index < -0.39 is 5.41 Å². The van der Waals surface area contributed by atoms with Crippen LogP contribution in [0, 0.1) is 0 Å². The van der Waals surface area contributed by atoms with Gasteiger partial charge in [-0.3, -0.25) is 0 Å². The number of rotatable bonds is 6. The largest absolute Gasteiger partial charge is 0.248 e. The van der Waals surface area contributed by atoms with E-state index in [9.17, 15) is 0 Å². The number of hydrogen-bond donors (Lipinski definition) is 0. The van der Waals surface area contributed by atoms with E-state index in [1.807, 2.05) is 0 Å². The Kier molecular flexibility index (Phi) is 9.28. The summed E-state index contributed by atoms with van der Waals surface area (Å²) in [6.07, 6.45) is 15.3. The van der Waals surface area contributed by atoms with Crippen LogP contribution in [0.3, 0.4) is 0 Å². The van der Waals surface area contributed by atoms with Gasteiger partial charge in [-0.25, -0.2) is 4.98 Å². The van der Waals surface area contributed by atoms with Crippen LogP contribution in [0.5, 0.6) is 0 Å². The van der Waals surface area contributed by atoms with E-state index in [0.29, 0.717) is 0 Å².